The molecule has 0 radical (unpaired) electrons. The standard InChI is InChI=1S/C15H18N2O2/c1-5-17-8-13(15(18)19)14(16-17)12-7-6-9(2)10(3)11(12)4/h6-8H,5H2,1-4H3,(H,18,19). The zero-order valence-electron chi connectivity index (χ0n) is 11.7. The van der Waals surface area contributed by atoms with Gasteiger partial charge in [-0.3, -0.25) is 4.68 Å². The maximum Gasteiger partial charge on any atom is 0.339 e. The monoisotopic (exact) mass is 258 g/mol. The van der Waals surface area contributed by atoms with Crippen LogP contribution in [-0.4, -0.2) is 20.9 Å². The van der Waals surface area contributed by atoms with Crippen molar-refractivity contribution in [1.29, 1.82) is 0 Å². The Morgan fingerprint density at radius 3 is 2.53 bits per heavy atom. The second-order valence-corrected chi connectivity index (χ2v) is 4.73. The Kier molecular flexibility index (Phi) is 3.42. The molecule has 0 aliphatic heterocycles. The molecule has 0 saturated carbocycles. The third kappa shape index (κ3) is 2.26. The molecule has 19 heavy (non-hydrogen) atoms. The average molecular weight is 258 g/mol. The number of carbonyl (C=O) groups is 1. The topological polar surface area (TPSA) is 55.1 Å². The van der Waals surface area contributed by atoms with Crippen LogP contribution in [0.5, 0.6) is 0 Å². The Labute approximate surface area is 112 Å². The Hall–Kier alpha value is -2.10. The molecule has 0 saturated heterocycles. The SMILES string of the molecule is CCn1cc(C(=O)O)c(-c2ccc(C)c(C)c2C)n1. The van der Waals surface area contributed by atoms with Crippen LogP contribution in [0.1, 0.15) is 34.0 Å². The van der Waals surface area contributed by atoms with E-state index in [1.807, 2.05) is 32.9 Å². The van der Waals surface area contributed by atoms with Crippen LogP contribution < -0.4 is 0 Å². The lowest BCUT2D eigenvalue weighted by Crippen LogP contribution is -1.99. The van der Waals surface area contributed by atoms with Crippen LogP contribution in [0.4, 0.5) is 0 Å². The van der Waals surface area contributed by atoms with Crippen molar-refractivity contribution in [3.63, 3.8) is 0 Å². The van der Waals surface area contributed by atoms with Gasteiger partial charge in [-0.15, -0.1) is 0 Å². The van der Waals surface area contributed by atoms with Crippen molar-refractivity contribution in [1.82, 2.24) is 9.78 Å². The van der Waals surface area contributed by atoms with Crippen molar-refractivity contribution in [2.75, 3.05) is 0 Å². The summed E-state index contributed by atoms with van der Waals surface area (Å²) < 4.78 is 1.66. The molecule has 2 rings (SSSR count). The highest BCUT2D eigenvalue weighted by molar-refractivity contribution is 5.95. The first kappa shape index (κ1) is 13.3. The van der Waals surface area contributed by atoms with Crippen LogP contribution in [0.2, 0.25) is 0 Å². The number of hydrogen-bond acceptors (Lipinski definition) is 2. The molecule has 0 aliphatic carbocycles. The highest BCUT2D eigenvalue weighted by Crippen LogP contribution is 2.28. The fourth-order valence-corrected chi connectivity index (χ4v) is 2.15. The second kappa shape index (κ2) is 4.88. The first-order chi connectivity index (χ1) is 8.95. The van der Waals surface area contributed by atoms with Gasteiger partial charge >= 0.3 is 5.97 Å². The lowest BCUT2D eigenvalue weighted by atomic mass is 9.95. The summed E-state index contributed by atoms with van der Waals surface area (Å²) in [5.74, 6) is -0.938. The number of nitrogens with zero attached hydrogens (tertiary/aromatic N) is 2. The van der Waals surface area contributed by atoms with Crippen molar-refractivity contribution in [3.05, 3.63) is 40.6 Å². The molecule has 0 spiro atoms. The summed E-state index contributed by atoms with van der Waals surface area (Å²) in [5.41, 5.74) is 5.17. The van der Waals surface area contributed by atoms with Crippen LogP contribution in [0.25, 0.3) is 11.3 Å². The normalized spacial score (nSPS) is 10.7. The van der Waals surface area contributed by atoms with Crippen LogP contribution >= 0.6 is 0 Å². The average Bonchev–Trinajstić information content (AvgIpc) is 2.80. The largest absolute Gasteiger partial charge is 0.478 e. The smallest absolute Gasteiger partial charge is 0.339 e. The molecule has 0 unspecified atom stereocenters. The predicted octanol–water partition coefficient (Wildman–Crippen LogP) is 3.19. The van der Waals surface area contributed by atoms with Gasteiger partial charge in [-0.1, -0.05) is 12.1 Å². The summed E-state index contributed by atoms with van der Waals surface area (Å²) in [5, 5.41) is 13.7. The fourth-order valence-electron chi connectivity index (χ4n) is 2.15. The highest BCUT2D eigenvalue weighted by atomic mass is 16.4. The quantitative estimate of drug-likeness (QED) is 0.919. The van der Waals surface area contributed by atoms with Crippen LogP contribution in [-0.2, 0) is 6.54 Å². The minimum Gasteiger partial charge on any atom is -0.478 e. The lowest BCUT2D eigenvalue weighted by Gasteiger charge is -2.10. The van der Waals surface area contributed by atoms with Crippen LogP contribution in [0.3, 0.4) is 0 Å². The molecule has 1 aromatic heterocycles. The van der Waals surface area contributed by atoms with Crippen molar-refractivity contribution in [2.24, 2.45) is 0 Å². The van der Waals surface area contributed by atoms with E-state index in [0.717, 1.165) is 11.1 Å². The van der Waals surface area contributed by atoms with Gasteiger partial charge in [0, 0.05) is 18.3 Å². The zero-order chi connectivity index (χ0) is 14.2. The maximum atomic E-state index is 11.3. The molecular formula is C15H18N2O2. The van der Waals surface area contributed by atoms with E-state index in [0.29, 0.717) is 12.2 Å². The number of aromatic nitrogens is 2. The number of benzene rings is 1. The van der Waals surface area contributed by atoms with E-state index in [-0.39, 0.29) is 5.56 Å². The molecule has 1 N–H and O–H groups in total. The van der Waals surface area contributed by atoms with Gasteiger partial charge in [-0.25, -0.2) is 4.79 Å². The summed E-state index contributed by atoms with van der Waals surface area (Å²) in [4.78, 5) is 11.3. The first-order valence-electron chi connectivity index (χ1n) is 6.33. The number of aromatic carboxylic acids is 1. The van der Waals surface area contributed by atoms with E-state index < -0.39 is 5.97 Å². The van der Waals surface area contributed by atoms with Gasteiger partial charge < -0.3 is 5.11 Å². The Bertz CT molecular complexity index is 642. The van der Waals surface area contributed by atoms with E-state index in [1.54, 1.807) is 10.9 Å². The number of hydrogen-bond donors (Lipinski definition) is 1. The summed E-state index contributed by atoms with van der Waals surface area (Å²) in [6.07, 6.45) is 1.59. The molecular weight excluding hydrogens is 240 g/mol. The van der Waals surface area contributed by atoms with Crippen molar-refractivity contribution in [2.45, 2.75) is 34.2 Å². The first-order valence-corrected chi connectivity index (χ1v) is 6.33. The summed E-state index contributed by atoms with van der Waals surface area (Å²) in [7, 11) is 0. The second-order valence-electron chi connectivity index (χ2n) is 4.73. The van der Waals surface area contributed by atoms with E-state index in [2.05, 4.69) is 12.0 Å². The van der Waals surface area contributed by atoms with Gasteiger partial charge in [0.2, 0.25) is 0 Å². The Morgan fingerprint density at radius 2 is 1.95 bits per heavy atom. The molecule has 0 amide bonds. The van der Waals surface area contributed by atoms with Gasteiger partial charge in [0.1, 0.15) is 11.3 Å². The van der Waals surface area contributed by atoms with E-state index in [9.17, 15) is 9.90 Å². The molecule has 2 aromatic rings. The summed E-state index contributed by atoms with van der Waals surface area (Å²) in [6.45, 7) is 8.70. The van der Waals surface area contributed by atoms with Gasteiger partial charge in [0.15, 0.2) is 0 Å². The molecule has 0 fully saturated rings. The number of aryl methyl sites for hydroxylation is 2. The fraction of sp³-hybridized carbons (Fsp3) is 0.333. The molecule has 1 aromatic carbocycles. The van der Waals surface area contributed by atoms with E-state index in [4.69, 9.17) is 0 Å². The molecule has 0 aliphatic rings. The van der Waals surface area contributed by atoms with Crippen molar-refractivity contribution >= 4 is 5.97 Å². The van der Waals surface area contributed by atoms with Crippen LogP contribution in [0, 0.1) is 20.8 Å². The Balaban J connectivity index is 2.68. The molecule has 1 heterocycles. The van der Waals surface area contributed by atoms with Crippen molar-refractivity contribution in [3.8, 4) is 11.3 Å². The van der Waals surface area contributed by atoms with Crippen LogP contribution in [0.15, 0.2) is 18.3 Å². The third-order valence-corrected chi connectivity index (χ3v) is 3.63. The van der Waals surface area contributed by atoms with Gasteiger partial charge in [-0.2, -0.15) is 5.10 Å². The molecule has 4 heteroatoms. The molecule has 0 atom stereocenters. The van der Waals surface area contributed by atoms with Gasteiger partial charge in [-0.05, 0) is 44.4 Å². The number of carboxylic acid groups (broad SMARTS) is 1. The summed E-state index contributed by atoms with van der Waals surface area (Å²) in [6, 6.07) is 3.96. The van der Waals surface area contributed by atoms with Crippen molar-refractivity contribution < 1.29 is 9.90 Å². The third-order valence-electron chi connectivity index (χ3n) is 3.63. The predicted molar refractivity (Wildman–Crippen MR) is 74.5 cm³/mol. The molecule has 100 valence electrons. The number of rotatable bonds is 3. The highest BCUT2D eigenvalue weighted by Gasteiger charge is 2.19. The van der Waals surface area contributed by atoms with Gasteiger partial charge in [0.05, 0.1) is 0 Å². The summed E-state index contributed by atoms with van der Waals surface area (Å²) >= 11 is 0. The maximum absolute atomic E-state index is 11.3. The minimum atomic E-state index is -0.938. The number of carboxylic acids is 1. The lowest BCUT2D eigenvalue weighted by molar-refractivity contribution is 0.0697. The van der Waals surface area contributed by atoms with Gasteiger partial charge in [0.25, 0.3) is 0 Å². The molecule has 0 bridgehead atoms. The van der Waals surface area contributed by atoms with E-state index in [1.165, 1.54) is 11.1 Å². The minimum absolute atomic E-state index is 0.258. The zero-order valence-corrected chi connectivity index (χ0v) is 11.7. The van der Waals surface area contributed by atoms with E-state index >= 15 is 0 Å². The molecule has 4 nitrogen and oxygen atoms in total. The Morgan fingerprint density at radius 1 is 1.26 bits per heavy atom.